The van der Waals surface area contributed by atoms with Crippen LogP contribution in [0, 0.1) is 11.8 Å². The second kappa shape index (κ2) is 9.43. The Balaban J connectivity index is 1.91. The second-order valence-electron chi connectivity index (χ2n) is 6.17. The number of benzene rings is 2. The van der Waals surface area contributed by atoms with Gasteiger partial charge in [0.1, 0.15) is 0 Å². The molecule has 2 amide bonds. The molecule has 0 aliphatic carbocycles. The summed E-state index contributed by atoms with van der Waals surface area (Å²) in [5.41, 5.74) is 2.45. The first-order valence-corrected chi connectivity index (χ1v) is 8.66. The van der Waals surface area contributed by atoms with Crippen LogP contribution in [-0.2, 0) is 4.79 Å². The lowest BCUT2D eigenvalue weighted by Gasteiger charge is -2.14. The molecule has 0 saturated heterocycles. The van der Waals surface area contributed by atoms with Crippen LogP contribution in [0.15, 0.2) is 54.6 Å². The van der Waals surface area contributed by atoms with Crippen molar-refractivity contribution < 1.29 is 9.59 Å². The van der Waals surface area contributed by atoms with Crippen LogP contribution in [0.1, 0.15) is 40.7 Å². The normalized spacial score (nSPS) is 11.0. The van der Waals surface area contributed by atoms with Crippen LogP contribution in [0.5, 0.6) is 0 Å². The van der Waals surface area contributed by atoms with Crippen LogP contribution < -0.4 is 5.32 Å². The van der Waals surface area contributed by atoms with Crippen molar-refractivity contribution in [1.29, 1.82) is 0 Å². The molecular formula is C22H24N2O2. The summed E-state index contributed by atoms with van der Waals surface area (Å²) < 4.78 is 0. The Hall–Kier alpha value is -3.06. The molecule has 0 aliphatic rings. The molecular weight excluding hydrogens is 324 g/mol. The Morgan fingerprint density at radius 3 is 2.27 bits per heavy atom. The van der Waals surface area contributed by atoms with Gasteiger partial charge in [-0.2, -0.15) is 0 Å². The van der Waals surface area contributed by atoms with Gasteiger partial charge in [-0.25, -0.2) is 0 Å². The first kappa shape index (κ1) is 19.3. The summed E-state index contributed by atoms with van der Waals surface area (Å²) in [6.45, 7) is 2.29. The van der Waals surface area contributed by atoms with Crippen molar-refractivity contribution in [2.24, 2.45) is 0 Å². The fourth-order valence-corrected chi connectivity index (χ4v) is 2.61. The highest BCUT2D eigenvalue weighted by molar-refractivity contribution is 5.93. The molecule has 4 heteroatoms. The highest BCUT2D eigenvalue weighted by atomic mass is 16.2. The van der Waals surface area contributed by atoms with E-state index in [-0.39, 0.29) is 17.7 Å². The molecule has 1 atom stereocenters. The lowest BCUT2D eigenvalue weighted by atomic mass is 9.96. The van der Waals surface area contributed by atoms with Gasteiger partial charge in [-0.15, -0.1) is 0 Å². The number of rotatable bonds is 5. The monoisotopic (exact) mass is 348 g/mol. The minimum Gasteiger partial charge on any atom is -0.345 e. The molecule has 26 heavy (non-hydrogen) atoms. The molecule has 0 fully saturated rings. The fourth-order valence-electron chi connectivity index (χ4n) is 2.61. The van der Waals surface area contributed by atoms with Crippen LogP contribution in [0.2, 0.25) is 0 Å². The smallest absolute Gasteiger partial charge is 0.253 e. The molecule has 2 rings (SSSR count). The fraction of sp³-hybridized carbons (Fsp3) is 0.273. The van der Waals surface area contributed by atoms with Gasteiger partial charge in [0.15, 0.2) is 0 Å². The largest absolute Gasteiger partial charge is 0.345 e. The number of hydrogen-bond donors (Lipinski definition) is 1. The number of carbonyl (C=O) groups excluding carboxylic acids is 2. The summed E-state index contributed by atoms with van der Waals surface area (Å²) >= 11 is 0. The molecule has 0 aromatic heterocycles. The Morgan fingerprint density at radius 1 is 1.04 bits per heavy atom. The van der Waals surface area contributed by atoms with Crippen molar-refractivity contribution >= 4 is 11.8 Å². The topological polar surface area (TPSA) is 49.4 Å². The van der Waals surface area contributed by atoms with Crippen molar-refractivity contribution in [2.45, 2.75) is 19.3 Å². The highest BCUT2D eigenvalue weighted by Crippen LogP contribution is 2.18. The maximum atomic E-state index is 12.3. The van der Waals surface area contributed by atoms with Crippen LogP contribution in [0.3, 0.4) is 0 Å². The van der Waals surface area contributed by atoms with Crippen molar-refractivity contribution in [3.63, 3.8) is 0 Å². The first-order chi connectivity index (χ1) is 12.5. The first-order valence-electron chi connectivity index (χ1n) is 8.66. The van der Waals surface area contributed by atoms with E-state index in [1.165, 1.54) is 4.90 Å². The quantitative estimate of drug-likeness (QED) is 0.845. The molecule has 1 N–H and O–H groups in total. The molecule has 2 aromatic carbocycles. The van der Waals surface area contributed by atoms with E-state index in [1.54, 1.807) is 26.2 Å². The van der Waals surface area contributed by atoms with Gasteiger partial charge >= 0.3 is 0 Å². The molecule has 0 bridgehead atoms. The average molecular weight is 348 g/mol. The lowest BCUT2D eigenvalue weighted by Crippen LogP contribution is -2.29. The standard InChI is InChI=1S/C22H24N2O2/c1-4-20(18-10-6-5-7-11-18)21(25)23-16-8-9-17-12-14-19(15-13-17)22(26)24(2)3/h5-7,10-15,20H,4,16H2,1-3H3,(H,23,25). The van der Waals surface area contributed by atoms with Gasteiger partial charge in [0.2, 0.25) is 5.91 Å². The zero-order valence-electron chi connectivity index (χ0n) is 15.5. The van der Waals surface area contributed by atoms with Crippen LogP contribution in [0.4, 0.5) is 0 Å². The molecule has 4 nitrogen and oxygen atoms in total. The van der Waals surface area contributed by atoms with Crippen molar-refractivity contribution in [3.8, 4) is 11.8 Å². The molecule has 134 valence electrons. The van der Waals surface area contributed by atoms with Crippen LogP contribution >= 0.6 is 0 Å². The van der Waals surface area contributed by atoms with Gasteiger partial charge in [-0.05, 0) is 36.2 Å². The minimum atomic E-state index is -0.158. The molecule has 2 aromatic rings. The maximum absolute atomic E-state index is 12.3. The van der Waals surface area contributed by atoms with Crippen molar-refractivity contribution in [1.82, 2.24) is 10.2 Å². The highest BCUT2D eigenvalue weighted by Gasteiger charge is 2.17. The van der Waals surface area contributed by atoms with Crippen molar-refractivity contribution in [2.75, 3.05) is 20.6 Å². The summed E-state index contributed by atoms with van der Waals surface area (Å²) in [6.07, 6.45) is 0.741. The Bertz CT molecular complexity index is 800. The average Bonchev–Trinajstić information content (AvgIpc) is 2.66. The molecule has 0 aliphatic heterocycles. The zero-order chi connectivity index (χ0) is 18.9. The maximum Gasteiger partial charge on any atom is 0.253 e. The molecule has 0 saturated carbocycles. The van der Waals surface area contributed by atoms with Gasteiger partial charge in [0, 0.05) is 25.2 Å². The molecule has 1 unspecified atom stereocenters. The third-order valence-electron chi connectivity index (χ3n) is 4.05. The van der Waals surface area contributed by atoms with Gasteiger partial charge < -0.3 is 10.2 Å². The van der Waals surface area contributed by atoms with E-state index in [0.717, 1.165) is 17.5 Å². The molecule has 0 radical (unpaired) electrons. The minimum absolute atomic E-state index is 0.0140. The summed E-state index contributed by atoms with van der Waals surface area (Å²) in [5.74, 6) is 5.75. The number of amides is 2. The van der Waals surface area contributed by atoms with Gasteiger partial charge in [0.05, 0.1) is 12.5 Å². The number of carbonyl (C=O) groups is 2. The van der Waals surface area contributed by atoms with E-state index in [4.69, 9.17) is 0 Å². The van der Waals surface area contributed by atoms with E-state index in [0.29, 0.717) is 12.1 Å². The second-order valence-corrected chi connectivity index (χ2v) is 6.17. The van der Waals surface area contributed by atoms with Gasteiger partial charge in [0.25, 0.3) is 5.91 Å². The molecule has 0 spiro atoms. The summed E-state index contributed by atoms with van der Waals surface area (Å²) in [5, 5.41) is 2.87. The summed E-state index contributed by atoms with van der Waals surface area (Å²) in [6, 6.07) is 16.9. The Labute approximate surface area is 155 Å². The van der Waals surface area contributed by atoms with E-state index in [1.807, 2.05) is 49.4 Å². The van der Waals surface area contributed by atoms with Gasteiger partial charge in [-0.1, -0.05) is 49.1 Å². The lowest BCUT2D eigenvalue weighted by molar-refractivity contribution is -0.122. The zero-order valence-corrected chi connectivity index (χ0v) is 15.5. The van der Waals surface area contributed by atoms with E-state index in [2.05, 4.69) is 17.2 Å². The Kier molecular flexibility index (Phi) is 6.99. The summed E-state index contributed by atoms with van der Waals surface area (Å²) in [4.78, 5) is 25.7. The van der Waals surface area contributed by atoms with E-state index >= 15 is 0 Å². The SMILES string of the molecule is CCC(C(=O)NCC#Cc1ccc(C(=O)N(C)C)cc1)c1ccccc1. The predicted octanol–water partition coefficient (Wildman–Crippen LogP) is 3.05. The van der Waals surface area contributed by atoms with Crippen molar-refractivity contribution in [3.05, 3.63) is 71.3 Å². The predicted molar refractivity (Wildman–Crippen MR) is 104 cm³/mol. The summed E-state index contributed by atoms with van der Waals surface area (Å²) in [7, 11) is 3.44. The number of hydrogen-bond acceptors (Lipinski definition) is 2. The molecule has 0 heterocycles. The Morgan fingerprint density at radius 2 is 1.69 bits per heavy atom. The third-order valence-corrected chi connectivity index (χ3v) is 4.05. The third kappa shape index (κ3) is 5.22. The van der Waals surface area contributed by atoms with Crippen LogP contribution in [-0.4, -0.2) is 37.4 Å². The van der Waals surface area contributed by atoms with E-state index in [9.17, 15) is 9.59 Å². The van der Waals surface area contributed by atoms with Crippen LogP contribution in [0.25, 0.3) is 0 Å². The number of nitrogens with one attached hydrogen (secondary N) is 1. The number of nitrogens with zero attached hydrogens (tertiary/aromatic N) is 1. The van der Waals surface area contributed by atoms with E-state index < -0.39 is 0 Å². The van der Waals surface area contributed by atoms with Gasteiger partial charge in [-0.3, -0.25) is 9.59 Å².